The molecule has 20 heavy (non-hydrogen) atoms. The second-order valence-electron chi connectivity index (χ2n) is 4.13. The first-order chi connectivity index (χ1) is 9.10. The van der Waals surface area contributed by atoms with E-state index in [0.717, 1.165) is 14.0 Å². The Balaban J connectivity index is 3.36. The van der Waals surface area contributed by atoms with Crippen LogP contribution >= 0.6 is 0 Å². The van der Waals surface area contributed by atoms with Crippen molar-refractivity contribution in [1.82, 2.24) is 0 Å². The van der Waals surface area contributed by atoms with Crippen LogP contribution in [0.3, 0.4) is 0 Å². The molecule has 5 atom stereocenters. The molecule has 0 aliphatic carbocycles. The maximum Gasteiger partial charge on any atom is 0.341 e. The van der Waals surface area contributed by atoms with Crippen LogP contribution in [0.25, 0.3) is 0 Å². The van der Waals surface area contributed by atoms with Crippen molar-refractivity contribution in [3.05, 3.63) is 0 Å². The first-order valence-corrected chi connectivity index (χ1v) is 6.89. The molecule has 118 valence electrons. The van der Waals surface area contributed by atoms with Crippen molar-refractivity contribution in [2.24, 2.45) is 0 Å². The van der Waals surface area contributed by atoms with Crippen LogP contribution in [0, 0.1) is 0 Å². The molecule has 0 unspecified atom stereocenters. The summed E-state index contributed by atoms with van der Waals surface area (Å²) >= 11 is 0. The van der Waals surface area contributed by atoms with Crippen LogP contribution in [0.4, 0.5) is 0 Å². The minimum absolute atomic E-state index is 0.823. The zero-order chi connectivity index (χ0) is 15.7. The minimum atomic E-state index is -5.14. The van der Waals surface area contributed by atoms with E-state index >= 15 is 0 Å². The van der Waals surface area contributed by atoms with E-state index in [2.05, 4.69) is 9.47 Å². The first kappa shape index (κ1) is 17.2. The predicted octanol–water partition coefficient (Wildman–Crippen LogP) is -2.78. The van der Waals surface area contributed by atoms with Crippen LogP contribution in [0.15, 0.2) is 0 Å². The summed E-state index contributed by atoms with van der Waals surface area (Å²) in [6.45, 7) is 0.0489. The monoisotopic (exact) mass is 316 g/mol. The van der Waals surface area contributed by atoms with Gasteiger partial charge in [0.2, 0.25) is 6.10 Å². The van der Waals surface area contributed by atoms with Gasteiger partial charge in [-0.1, -0.05) is 0 Å². The van der Waals surface area contributed by atoms with Crippen molar-refractivity contribution in [2.75, 3.05) is 13.7 Å². The zero-order valence-corrected chi connectivity index (χ0v) is 11.5. The molecule has 1 aliphatic heterocycles. The van der Waals surface area contributed by atoms with Crippen molar-refractivity contribution in [1.29, 1.82) is 0 Å². The van der Waals surface area contributed by atoms with Gasteiger partial charge >= 0.3 is 21.2 Å². The molecule has 1 saturated heterocycles. The van der Waals surface area contributed by atoms with E-state index in [0.29, 0.717) is 0 Å². The lowest BCUT2D eigenvalue weighted by molar-refractivity contribution is -0.321. The van der Waals surface area contributed by atoms with Crippen molar-refractivity contribution >= 4 is 16.1 Å². The summed E-state index contributed by atoms with van der Waals surface area (Å²) in [4.78, 5) is 11.0. The number of rotatable bonds is 4. The second kappa shape index (κ2) is 5.89. The van der Waals surface area contributed by atoms with E-state index in [1.165, 1.54) is 0 Å². The van der Waals surface area contributed by atoms with E-state index in [9.17, 15) is 28.0 Å². The molecule has 0 aromatic heterocycles. The Morgan fingerprint density at radius 3 is 2.25 bits per heavy atom. The van der Waals surface area contributed by atoms with E-state index < -0.39 is 52.2 Å². The first-order valence-electron chi connectivity index (χ1n) is 5.45. The smallest absolute Gasteiger partial charge is 0.341 e. The molecule has 0 spiro atoms. The van der Waals surface area contributed by atoms with Crippen LogP contribution in [-0.2, 0) is 29.1 Å². The van der Waals surface area contributed by atoms with E-state index in [4.69, 9.17) is 9.84 Å². The molecule has 1 fully saturated rings. The van der Waals surface area contributed by atoms with Crippen LogP contribution < -0.4 is 0 Å². The van der Waals surface area contributed by atoms with Crippen LogP contribution in [0.2, 0.25) is 0 Å². The van der Waals surface area contributed by atoms with Crippen LogP contribution in [-0.4, -0.2) is 77.5 Å². The number of aliphatic hydroxyl groups is 3. The lowest BCUT2D eigenvalue weighted by Gasteiger charge is -2.46. The molecule has 0 saturated carbocycles. The van der Waals surface area contributed by atoms with Gasteiger partial charge in [0.25, 0.3) is 0 Å². The maximum absolute atomic E-state index is 11.5. The summed E-state index contributed by atoms with van der Waals surface area (Å²) in [7, 11) is -4.31. The number of aliphatic hydroxyl groups excluding tert-OH is 3. The standard InChI is InChI=1S/C9H16O10S/c1-4(11)18-8-7(13)6(12)5(3-10)19-9(8,17-2)20(14,15)16/h5-8,10,12-13H,3H2,1-2H3,(H,14,15,16)/t5-,6+,7+,8-,9+/m1/s1. The van der Waals surface area contributed by atoms with Gasteiger partial charge in [-0.15, -0.1) is 0 Å². The molecule has 0 radical (unpaired) electrons. The third kappa shape index (κ3) is 2.79. The average Bonchev–Trinajstić information content (AvgIpc) is 2.34. The third-order valence-electron chi connectivity index (χ3n) is 2.82. The molecule has 4 N–H and O–H groups in total. The molecule has 0 aromatic carbocycles. The number of carbonyl (C=O) groups excluding carboxylic acids is 1. The van der Waals surface area contributed by atoms with Crippen LogP contribution in [0.1, 0.15) is 6.92 Å². The lowest BCUT2D eigenvalue weighted by Crippen LogP contribution is -2.69. The number of hydrogen-bond donors (Lipinski definition) is 4. The summed E-state index contributed by atoms with van der Waals surface area (Å²) in [5.74, 6) is -1.00. The Morgan fingerprint density at radius 1 is 1.35 bits per heavy atom. The Morgan fingerprint density at radius 2 is 1.90 bits per heavy atom. The van der Waals surface area contributed by atoms with Gasteiger partial charge in [-0.25, -0.2) is 0 Å². The Hall–Kier alpha value is -0.820. The van der Waals surface area contributed by atoms with Crippen molar-refractivity contribution < 1.29 is 47.3 Å². The van der Waals surface area contributed by atoms with Gasteiger partial charge in [0.1, 0.15) is 18.3 Å². The van der Waals surface area contributed by atoms with Gasteiger partial charge in [0.15, 0.2) is 0 Å². The van der Waals surface area contributed by atoms with Gasteiger partial charge in [0.05, 0.1) is 6.61 Å². The normalized spacial score (nSPS) is 38.5. The Labute approximate surface area is 114 Å². The molecular weight excluding hydrogens is 300 g/mol. The fourth-order valence-electron chi connectivity index (χ4n) is 1.90. The van der Waals surface area contributed by atoms with Gasteiger partial charge in [-0.3, -0.25) is 9.35 Å². The molecule has 0 amide bonds. The second-order valence-corrected chi connectivity index (χ2v) is 5.65. The zero-order valence-electron chi connectivity index (χ0n) is 10.7. The van der Waals surface area contributed by atoms with Crippen molar-refractivity contribution in [3.63, 3.8) is 0 Å². The largest absolute Gasteiger partial charge is 0.453 e. The van der Waals surface area contributed by atoms with Gasteiger partial charge < -0.3 is 29.5 Å². The third-order valence-corrected chi connectivity index (χ3v) is 4.04. The number of esters is 1. The minimum Gasteiger partial charge on any atom is -0.453 e. The van der Waals surface area contributed by atoms with Crippen molar-refractivity contribution in [2.45, 2.75) is 36.5 Å². The van der Waals surface area contributed by atoms with Gasteiger partial charge in [-0.2, -0.15) is 8.42 Å². The Bertz CT molecular complexity index is 461. The van der Waals surface area contributed by atoms with Crippen LogP contribution in [0.5, 0.6) is 0 Å². The summed E-state index contributed by atoms with van der Waals surface area (Å²) < 4.78 is 46.2. The molecule has 1 heterocycles. The SMILES string of the molecule is CO[C@]1(S(=O)(=O)O)O[C@H](CO)[C@H](O)[C@H](O)[C@H]1OC(C)=O. The summed E-state index contributed by atoms with van der Waals surface area (Å²) in [5, 5.41) is 25.6. The molecule has 1 aliphatic rings. The number of ether oxygens (including phenoxy) is 3. The molecule has 11 heteroatoms. The predicted molar refractivity (Wildman–Crippen MR) is 60.8 cm³/mol. The number of carbonyl (C=O) groups is 1. The van der Waals surface area contributed by atoms with E-state index in [1.54, 1.807) is 0 Å². The molecular formula is C9H16O10S. The topological polar surface area (TPSA) is 160 Å². The number of methoxy groups -OCH3 is 1. The fourth-order valence-corrected chi connectivity index (χ4v) is 2.84. The average molecular weight is 316 g/mol. The van der Waals surface area contributed by atoms with Crippen molar-refractivity contribution in [3.8, 4) is 0 Å². The van der Waals surface area contributed by atoms with Gasteiger partial charge in [-0.05, 0) is 0 Å². The summed E-state index contributed by atoms with van der Waals surface area (Å²) in [5.41, 5.74) is 0. The molecule has 1 rings (SSSR count). The van der Waals surface area contributed by atoms with Gasteiger partial charge in [0, 0.05) is 14.0 Å². The molecule has 0 bridgehead atoms. The maximum atomic E-state index is 11.5. The summed E-state index contributed by atoms with van der Waals surface area (Å²) in [6, 6.07) is 0. The highest BCUT2D eigenvalue weighted by Gasteiger charge is 2.64. The Kier molecular flexibility index (Phi) is 5.08. The highest BCUT2D eigenvalue weighted by atomic mass is 32.2. The summed E-state index contributed by atoms with van der Waals surface area (Å²) in [6.07, 6.45) is -7.34. The number of hydrogen-bond acceptors (Lipinski definition) is 9. The molecule has 0 aromatic rings. The highest BCUT2D eigenvalue weighted by Crippen LogP contribution is 2.36. The highest BCUT2D eigenvalue weighted by molar-refractivity contribution is 7.87. The quantitative estimate of drug-likeness (QED) is 0.315. The van der Waals surface area contributed by atoms with E-state index in [-0.39, 0.29) is 0 Å². The molecule has 10 nitrogen and oxygen atoms in total. The fraction of sp³-hybridized carbons (Fsp3) is 0.889. The van der Waals surface area contributed by atoms with E-state index in [1.807, 2.05) is 0 Å². The lowest BCUT2D eigenvalue weighted by atomic mass is 9.99.